The van der Waals surface area contributed by atoms with Crippen molar-refractivity contribution in [2.45, 2.75) is 4.90 Å². The second kappa shape index (κ2) is 4.06. The summed E-state index contributed by atoms with van der Waals surface area (Å²) in [4.78, 5) is 14.9. The van der Waals surface area contributed by atoms with Gasteiger partial charge in [0, 0.05) is 23.8 Å². The first kappa shape index (κ1) is 11.7. The molecule has 0 N–H and O–H groups in total. The van der Waals surface area contributed by atoms with Crippen LogP contribution in [0.15, 0.2) is 63.2 Å². The molecular formula is C12H8N2O4S. The average Bonchev–Trinajstić information content (AvgIpc) is 2.92. The molecule has 0 atom stereocenters. The van der Waals surface area contributed by atoms with Gasteiger partial charge in [-0.15, -0.1) is 0 Å². The van der Waals surface area contributed by atoms with E-state index in [4.69, 9.17) is 4.42 Å². The van der Waals surface area contributed by atoms with E-state index in [0.29, 0.717) is 11.0 Å². The summed E-state index contributed by atoms with van der Waals surface area (Å²) < 4.78 is 30.4. The van der Waals surface area contributed by atoms with Gasteiger partial charge >= 0.3 is 5.63 Å². The lowest BCUT2D eigenvalue weighted by Crippen LogP contribution is -2.10. The van der Waals surface area contributed by atoms with Gasteiger partial charge in [-0.3, -0.25) is 0 Å². The van der Waals surface area contributed by atoms with Gasteiger partial charge in [0.05, 0.1) is 4.90 Å². The van der Waals surface area contributed by atoms with Crippen LogP contribution in [0.1, 0.15) is 0 Å². The number of nitrogens with zero attached hydrogens (tertiary/aromatic N) is 2. The molecule has 0 amide bonds. The number of benzene rings is 1. The van der Waals surface area contributed by atoms with Gasteiger partial charge in [-0.2, -0.15) is 0 Å². The third kappa shape index (κ3) is 1.93. The Balaban J connectivity index is 2.22. The number of hydrogen-bond acceptors (Lipinski definition) is 5. The standard InChI is InChI=1S/C12H8N2O4S/c15-12-4-1-9-7-10(2-3-11(9)18-12)19(16,17)14-6-5-13-8-14/h1-8H. The van der Waals surface area contributed by atoms with Gasteiger partial charge in [0.25, 0.3) is 10.0 Å². The third-order valence-electron chi connectivity index (χ3n) is 2.65. The number of aromatic nitrogens is 2. The molecular weight excluding hydrogens is 268 g/mol. The molecule has 3 aromatic rings. The molecule has 0 unspecified atom stereocenters. The highest BCUT2D eigenvalue weighted by Gasteiger charge is 2.16. The molecule has 7 heteroatoms. The molecule has 0 bridgehead atoms. The largest absolute Gasteiger partial charge is 0.423 e. The van der Waals surface area contributed by atoms with Gasteiger partial charge in [-0.05, 0) is 24.3 Å². The van der Waals surface area contributed by atoms with E-state index in [0.717, 1.165) is 3.97 Å². The fourth-order valence-electron chi connectivity index (χ4n) is 1.72. The highest BCUT2D eigenvalue weighted by atomic mass is 32.2. The fraction of sp³-hybridized carbons (Fsp3) is 0. The number of hydrogen-bond donors (Lipinski definition) is 0. The van der Waals surface area contributed by atoms with E-state index in [2.05, 4.69) is 4.98 Å². The molecule has 0 aliphatic carbocycles. The van der Waals surface area contributed by atoms with E-state index in [1.54, 1.807) is 0 Å². The molecule has 0 aliphatic heterocycles. The van der Waals surface area contributed by atoms with Crippen LogP contribution in [0.3, 0.4) is 0 Å². The van der Waals surface area contributed by atoms with Gasteiger partial charge in [0.15, 0.2) is 0 Å². The van der Waals surface area contributed by atoms with Gasteiger partial charge in [-0.25, -0.2) is 22.2 Å². The first-order chi connectivity index (χ1) is 9.07. The molecule has 0 saturated heterocycles. The predicted molar refractivity (Wildman–Crippen MR) is 67.3 cm³/mol. The van der Waals surface area contributed by atoms with Crippen LogP contribution < -0.4 is 5.63 Å². The molecule has 0 spiro atoms. The first-order valence-electron chi connectivity index (χ1n) is 5.35. The molecule has 0 saturated carbocycles. The highest BCUT2D eigenvalue weighted by molar-refractivity contribution is 7.90. The van der Waals surface area contributed by atoms with Crippen molar-refractivity contribution in [1.82, 2.24) is 8.96 Å². The Morgan fingerprint density at radius 2 is 2.00 bits per heavy atom. The smallest absolute Gasteiger partial charge is 0.336 e. The van der Waals surface area contributed by atoms with Crippen LogP contribution in [0.5, 0.6) is 0 Å². The second-order valence-electron chi connectivity index (χ2n) is 3.85. The lowest BCUT2D eigenvalue weighted by atomic mass is 10.2. The summed E-state index contributed by atoms with van der Waals surface area (Å²) in [5.41, 5.74) is -0.130. The van der Waals surface area contributed by atoms with Crippen LogP contribution in [0, 0.1) is 0 Å². The van der Waals surface area contributed by atoms with Gasteiger partial charge in [0.2, 0.25) is 0 Å². The van der Waals surface area contributed by atoms with Crippen molar-refractivity contribution in [1.29, 1.82) is 0 Å². The zero-order valence-electron chi connectivity index (χ0n) is 9.55. The molecule has 96 valence electrons. The molecule has 0 radical (unpaired) electrons. The van der Waals surface area contributed by atoms with E-state index in [1.165, 1.54) is 49.1 Å². The van der Waals surface area contributed by atoms with Gasteiger partial charge in [-0.1, -0.05) is 0 Å². The van der Waals surface area contributed by atoms with Crippen LogP contribution in [0.2, 0.25) is 0 Å². The monoisotopic (exact) mass is 276 g/mol. The Bertz CT molecular complexity index is 895. The van der Waals surface area contributed by atoms with Crippen LogP contribution in [-0.4, -0.2) is 17.4 Å². The number of fused-ring (bicyclic) bond motifs is 1. The molecule has 0 fully saturated rings. The summed E-state index contributed by atoms with van der Waals surface area (Å²) in [6, 6.07) is 7.07. The van der Waals surface area contributed by atoms with E-state index in [9.17, 15) is 13.2 Å². The molecule has 1 aromatic carbocycles. The molecule has 0 aliphatic rings. The predicted octanol–water partition coefficient (Wildman–Crippen LogP) is 1.23. The van der Waals surface area contributed by atoms with Crippen LogP contribution in [0.25, 0.3) is 11.0 Å². The molecule has 19 heavy (non-hydrogen) atoms. The fourth-order valence-corrected chi connectivity index (χ4v) is 2.87. The van der Waals surface area contributed by atoms with Crippen molar-refractivity contribution in [3.63, 3.8) is 0 Å². The topological polar surface area (TPSA) is 82.2 Å². The Kier molecular flexibility index (Phi) is 2.49. The molecule has 2 aromatic heterocycles. The Labute approximate surface area is 108 Å². The van der Waals surface area contributed by atoms with Crippen molar-refractivity contribution in [2.24, 2.45) is 0 Å². The van der Waals surface area contributed by atoms with Crippen molar-refractivity contribution >= 4 is 21.0 Å². The van der Waals surface area contributed by atoms with Crippen LogP contribution in [0.4, 0.5) is 0 Å². The van der Waals surface area contributed by atoms with Crippen molar-refractivity contribution in [2.75, 3.05) is 0 Å². The van der Waals surface area contributed by atoms with E-state index >= 15 is 0 Å². The minimum atomic E-state index is -3.66. The summed E-state index contributed by atoms with van der Waals surface area (Å²) in [5, 5.41) is 0.542. The Morgan fingerprint density at radius 1 is 1.16 bits per heavy atom. The molecule has 6 nitrogen and oxygen atoms in total. The summed E-state index contributed by atoms with van der Waals surface area (Å²) in [5.74, 6) is 0. The van der Waals surface area contributed by atoms with Gasteiger partial charge < -0.3 is 4.42 Å². The highest BCUT2D eigenvalue weighted by Crippen LogP contribution is 2.19. The number of imidazole rings is 1. The third-order valence-corrected chi connectivity index (χ3v) is 4.27. The SMILES string of the molecule is O=c1ccc2cc(S(=O)(=O)n3ccnc3)ccc2o1. The zero-order chi connectivity index (χ0) is 13.5. The number of rotatable bonds is 2. The minimum Gasteiger partial charge on any atom is -0.423 e. The van der Waals surface area contributed by atoms with Crippen LogP contribution >= 0.6 is 0 Å². The maximum absolute atomic E-state index is 12.2. The summed E-state index contributed by atoms with van der Waals surface area (Å²) in [7, 11) is -3.66. The first-order valence-corrected chi connectivity index (χ1v) is 6.79. The summed E-state index contributed by atoms with van der Waals surface area (Å²) in [6.07, 6.45) is 3.95. The van der Waals surface area contributed by atoms with E-state index in [1.807, 2.05) is 0 Å². The van der Waals surface area contributed by atoms with Crippen molar-refractivity contribution in [3.05, 3.63) is 59.5 Å². The maximum Gasteiger partial charge on any atom is 0.336 e. The Hall–Kier alpha value is -2.41. The summed E-state index contributed by atoms with van der Waals surface area (Å²) in [6.45, 7) is 0. The quantitative estimate of drug-likeness (QED) is 0.657. The minimum absolute atomic E-state index is 0.104. The summed E-state index contributed by atoms with van der Waals surface area (Å²) >= 11 is 0. The average molecular weight is 276 g/mol. The van der Waals surface area contributed by atoms with E-state index in [-0.39, 0.29) is 4.90 Å². The normalized spacial score (nSPS) is 11.8. The molecule has 2 heterocycles. The van der Waals surface area contributed by atoms with Crippen LogP contribution in [-0.2, 0) is 10.0 Å². The maximum atomic E-state index is 12.2. The van der Waals surface area contributed by atoms with Crippen molar-refractivity contribution in [3.8, 4) is 0 Å². The second-order valence-corrected chi connectivity index (χ2v) is 5.69. The van der Waals surface area contributed by atoms with Crippen molar-refractivity contribution < 1.29 is 12.8 Å². The lowest BCUT2D eigenvalue weighted by molar-refractivity contribution is 0.560. The lowest BCUT2D eigenvalue weighted by Gasteiger charge is -2.05. The molecule has 3 rings (SSSR count). The zero-order valence-corrected chi connectivity index (χ0v) is 10.4. The Morgan fingerprint density at radius 3 is 2.74 bits per heavy atom. The van der Waals surface area contributed by atoms with Gasteiger partial charge in [0.1, 0.15) is 11.9 Å². The van der Waals surface area contributed by atoms with E-state index < -0.39 is 15.6 Å².